The van der Waals surface area contributed by atoms with E-state index < -0.39 is 0 Å². The second kappa shape index (κ2) is 9.45. The number of aromatic nitrogens is 2. The number of benzene rings is 2. The van der Waals surface area contributed by atoms with Gasteiger partial charge >= 0.3 is 0 Å². The van der Waals surface area contributed by atoms with Crippen molar-refractivity contribution in [2.75, 3.05) is 23.4 Å². The van der Waals surface area contributed by atoms with Gasteiger partial charge in [-0.05, 0) is 42.3 Å². The zero-order valence-electron chi connectivity index (χ0n) is 16.9. The Balaban J connectivity index is 1.36. The second-order valence-electron chi connectivity index (χ2n) is 7.12. The SMILES string of the molecule is CCc1ccccc1N1C[C@@H](c2nnc(NC(=O)COc3ccc(Cl)cc3)s2)CC1=O. The highest BCUT2D eigenvalue weighted by Crippen LogP contribution is 2.35. The number of para-hydroxylation sites is 1. The van der Waals surface area contributed by atoms with E-state index in [1.54, 1.807) is 24.3 Å². The van der Waals surface area contributed by atoms with E-state index >= 15 is 0 Å². The third kappa shape index (κ3) is 5.03. The van der Waals surface area contributed by atoms with Crippen LogP contribution < -0.4 is 15.0 Å². The zero-order valence-corrected chi connectivity index (χ0v) is 18.4. The largest absolute Gasteiger partial charge is 0.484 e. The van der Waals surface area contributed by atoms with E-state index in [2.05, 4.69) is 22.4 Å². The molecule has 3 aromatic rings. The lowest BCUT2D eigenvalue weighted by Crippen LogP contribution is -2.25. The first-order chi connectivity index (χ1) is 15.0. The summed E-state index contributed by atoms with van der Waals surface area (Å²) in [6.45, 7) is 2.48. The number of nitrogens with zero attached hydrogens (tertiary/aromatic N) is 3. The van der Waals surface area contributed by atoms with Crippen LogP contribution in [0.25, 0.3) is 0 Å². The maximum absolute atomic E-state index is 12.6. The summed E-state index contributed by atoms with van der Waals surface area (Å²) >= 11 is 7.12. The molecule has 1 N–H and O–H groups in total. The van der Waals surface area contributed by atoms with Crippen LogP contribution in [-0.2, 0) is 16.0 Å². The average molecular weight is 457 g/mol. The molecule has 1 atom stereocenters. The van der Waals surface area contributed by atoms with Crippen LogP contribution in [-0.4, -0.2) is 35.2 Å². The lowest BCUT2D eigenvalue weighted by atomic mass is 10.1. The van der Waals surface area contributed by atoms with Crippen molar-refractivity contribution in [3.63, 3.8) is 0 Å². The van der Waals surface area contributed by atoms with E-state index in [1.807, 2.05) is 29.2 Å². The average Bonchev–Trinajstić information content (AvgIpc) is 3.39. The van der Waals surface area contributed by atoms with Crippen molar-refractivity contribution in [2.24, 2.45) is 0 Å². The molecular formula is C22H21ClN4O3S. The predicted octanol–water partition coefficient (Wildman–Crippen LogP) is 4.29. The number of aryl methyl sites for hydroxylation is 1. The molecule has 1 aliphatic rings. The van der Waals surface area contributed by atoms with Gasteiger partial charge in [0.15, 0.2) is 6.61 Å². The van der Waals surface area contributed by atoms with Gasteiger partial charge in [-0.3, -0.25) is 14.9 Å². The zero-order chi connectivity index (χ0) is 21.8. The maximum atomic E-state index is 12.6. The molecule has 9 heteroatoms. The Bertz CT molecular complexity index is 1090. The van der Waals surface area contributed by atoms with Crippen LogP contribution in [0.4, 0.5) is 10.8 Å². The molecule has 2 aromatic carbocycles. The molecule has 2 amide bonds. The Morgan fingerprint density at radius 3 is 2.77 bits per heavy atom. The van der Waals surface area contributed by atoms with E-state index in [-0.39, 0.29) is 24.3 Å². The van der Waals surface area contributed by atoms with Crippen molar-refractivity contribution in [2.45, 2.75) is 25.7 Å². The molecule has 160 valence electrons. The van der Waals surface area contributed by atoms with Gasteiger partial charge in [0.05, 0.1) is 0 Å². The second-order valence-corrected chi connectivity index (χ2v) is 8.57. The Labute approximate surface area is 189 Å². The highest BCUT2D eigenvalue weighted by molar-refractivity contribution is 7.15. The van der Waals surface area contributed by atoms with Crippen LogP contribution in [0.2, 0.25) is 5.02 Å². The summed E-state index contributed by atoms with van der Waals surface area (Å²) in [6.07, 6.45) is 1.23. The topological polar surface area (TPSA) is 84.4 Å². The summed E-state index contributed by atoms with van der Waals surface area (Å²) < 4.78 is 5.43. The number of ether oxygens (including phenoxy) is 1. The smallest absolute Gasteiger partial charge is 0.264 e. The number of anilines is 2. The standard InChI is InChI=1S/C22H21ClN4O3S/c1-2-14-5-3-4-6-18(14)27-12-15(11-20(27)29)21-25-26-22(31-21)24-19(28)13-30-17-9-7-16(23)8-10-17/h3-10,15H,2,11-13H2,1H3,(H,24,26,28)/t15-/m0/s1. The number of hydrogen-bond donors (Lipinski definition) is 1. The summed E-state index contributed by atoms with van der Waals surface area (Å²) in [6, 6.07) is 14.7. The molecule has 0 spiro atoms. The number of carbonyl (C=O) groups is 2. The van der Waals surface area contributed by atoms with Crippen molar-refractivity contribution < 1.29 is 14.3 Å². The predicted molar refractivity (Wildman–Crippen MR) is 121 cm³/mol. The Hall–Kier alpha value is -2.97. The van der Waals surface area contributed by atoms with Gasteiger partial charge in [-0.1, -0.05) is 48.1 Å². The monoisotopic (exact) mass is 456 g/mol. The van der Waals surface area contributed by atoms with E-state index in [1.165, 1.54) is 11.3 Å². The first-order valence-electron chi connectivity index (χ1n) is 9.93. The van der Waals surface area contributed by atoms with Crippen LogP contribution in [0.1, 0.15) is 29.8 Å². The Kier molecular flexibility index (Phi) is 6.48. The quantitative estimate of drug-likeness (QED) is 0.573. The fraction of sp³-hybridized carbons (Fsp3) is 0.273. The molecular weight excluding hydrogens is 436 g/mol. The summed E-state index contributed by atoms with van der Waals surface area (Å²) in [5.41, 5.74) is 2.09. The lowest BCUT2D eigenvalue weighted by Gasteiger charge is -2.19. The number of nitrogens with one attached hydrogen (secondary N) is 1. The molecule has 31 heavy (non-hydrogen) atoms. The fourth-order valence-corrected chi connectivity index (χ4v) is 4.44. The van der Waals surface area contributed by atoms with Crippen molar-refractivity contribution >= 4 is 45.6 Å². The molecule has 1 aromatic heterocycles. The molecule has 1 saturated heterocycles. The molecule has 1 fully saturated rings. The Morgan fingerprint density at radius 1 is 1.23 bits per heavy atom. The van der Waals surface area contributed by atoms with Gasteiger partial charge in [-0.25, -0.2) is 0 Å². The number of amides is 2. The number of hydrogen-bond acceptors (Lipinski definition) is 6. The van der Waals surface area contributed by atoms with Gasteiger partial charge in [0, 0.05) is 29.6 Å². The van der Waals surface area contributed by atoms with Crippen LogP contribution in [0.5, 0.6) is 5.75 Å². The minimum absolute atomic E-state index is 0.0501. The summed E-state index contributed by atoms with van der Waals surface area (Å²) in [7, 11) is 0. The van der Waals surface area contributed by atoms with Gasteiger partial charge in [0.25, 0.3) is 5.91 Å². The molecule has 0 unspecified atom stereocenters. The van der Waals surface area contributed by atoms with Crippen LogP contribution in [0.3, 0.4) is 0 Å². The minimum atomic E-state index is -0.335. The summed E-state index contributed by atoms with van der Waals surface area (Å²) in [5.74, 6) is 0.238. The van der Waals surface area contributed by atoms with Crippen LogP contribution >= 0.6 is 22.9 Å². The van der Waals surface area contributed by atoms with Gasteiger partial charge in [-0.2, -0.15) is 0 Å². The molecule has 2 heterocycles. The van der Waals surface area contributed by atoms with E-state index in [0.717, 1.165) is 22.7 Å². The van der Waals surface area contributed by atoms with E-state index in [0.29, 0.717) is 28.9 Å². The molecule has 4 rings (SSSR count). The third-order valence-electron chi connectivity index (χ3n) is 5.01. The van der Waals surface area contributed by atoms with Crippen molar-refractivity contribution in [1.29, 1.82) is 0 Å². The lowest BCUT2D eigenvalue weighted by molar-refractivity contribution is -0.118. The molecule has 7 nitrogen and oxygen atoms in total. The molecule has 0 aliphatic carbocycles. The van der Waals surface area contributed by atoms with Gasteiger partial charge in [-0.15, -0.1) is 10.2 Å². The van der Waals surface area contributed by atoms with Crippen molar-refractivity contribution in [3.05, 3.63) is 64.1 Å². The third-order valence-corrected chi connectivity index (χ3v) is 6.26. The molecule has 1 aliphatic heterocycles. The molecule has 0 saturated carbocycles. The Morgan fingerprint density at radius 2 is 2.00 bits per heavy atom. The molecule has 0 bridgehead atoms. The van der Waals surface area contributed by atoms with Gasteiger partial charge in [0.2, 0.25) is 11.0 Å². The first kappa shape index (κ1) is 21.3. The summed E-state index contributed by atoms with van der Waals surface area (Å²) in [4.78, 5) is 26.6. The molecule has 0 radical (unpaired) electrons. The minimum Gasteiger partial charge on any atom is -0.484 e. The normalized spacial score (nSPS) is 15.9. The number of rotatable bonds is 7. The highest BCUT2D eigenvalue weighted by Gasteiger charge is 2.34. The van der Waals surface area contributed by atoms with Gasteiger partial charge in [0.1, 0.15) is 10.8 Å². The van der Waals surface area contributed by atoms with Crippen molar-refractivity contribution in [3.8, 4) is 5.75 Å². The van der Waals surface area contributed by atoms with E-state index in [9.17, 15) is 9.59 Å². The summed E-state index contributed by atoms with van der Waals surface area (Å²) in [5, 5.41) is 12.7. The van der Waals surface area contributed by atoms with E-state index in [4.69, 9.17) is 16.3 Å². The van der Waals surface area contributed by atoms with Crippen LogP contribution in [0.15, 0.2) is 48.5 Å². The first-order valence-corrected chi connectivity index (χ1v) is 11.1. The maximum Gasteiger partial charge on any atom is 0.264 e. The van der Waals surface area contributed by atoms with Crippen LogP contribution in [0, 0.1) is 0 Å². The number of halogens is 1. The fourth-order valence-electron chi connectivity index (χ4n) is 3.46. The number of carbonyl (C=O) groups excluding carboxylic acids is 2. The highest BCUT2D eigenvalue weighted by atomic mass is 35.5. The van der Waals surface area contributed by atoms with Gasteiger partial charge < -0.3 is 9.64 Å². The van der Waals surface area contributed by atoms with Crippen molar-refractivity contribution in [1.82, 2.24) is 10.2 Å².